The molecular formula is C16H34N4O2. The molecule has 130 valence electrons. The summed E-state index contributed by atoms with van der Waals surface area (Å²) in [5.41, 5.74) is -0.467. The molecule has 0 rings (SSSR count). The number of amides is 1. The quantitative estimate of drug-likeness (QED) is 0.444. The molecule has 0 fully saturated rings. The fourth-order valence-electron chi connectivity index (χ4n) is 1.98. The third kappa shape index (κ3) is 8.10. The number of carbonyl (C=O) groups is 1. The number of hydrogen-bond acceptors (Lipinski definition) is 3. The SMILES string of the molecule is CC(C)N(CCCN=C(N(C)C)N(C)C)C(=O)OC(C)(C)C. The number of rotatable bonds is 5. The molecule has 0 aromatic heterocycles. The Labute approximate surface area is 136 Å². The van der Waals surface area contributed by atoms with Gasteiger partial charge in [-0.25, -0.2) is 4.79 Å². The van der Waals surface area contributed by atoms with Gasteiger partial charge in [0, 0.05) is 47.3 Å². The number of nitrogens with zero attached hydrogens (tertiary/aromatic N) is 4. The highest BCUT2D eigenvalue weighted by Gasteiger charge is 2.23. The van der Waals surface area contributed by atoms with Crippen molar-refractivity contribution < 1.29 is 9.53 Å². The number of carbonyl (C=O) groups excluding carboxylic acids is 1. The van der Waals surface area contributed by atoms with E-state index < -0.39 is 5.60 Å². The fourth-order valence-corrected chi connectivity index (χ4v) is 1.98. The Morgan fingerprint density at radius 2 is 1.59 bits per heavy atom. The summed E-state index contributed by atoms with van der Waals surface area (Å²) in [7, 11) is 7.89. The summed E-state index contributed by atoms with van der Waals surface area (Å²) >= 11 is 0. The van der Waals surface area contributed by atoms with Crippen LogP contribution in [-0.2, 0) is 4.74 Å². The Morgan fingerprint density at radius 1 is 1.09 bits per heavy atom. The highest BCUT2D eigenvalue weighted by atomic mass is 16.6. The first kappa shape index (κ1) is 20.5. The molecule has 0 bridgehead atoms. The van der Waals surface area contributed by atoms with E-state index in [1.165, 1.54) is 0 Å². The molecular weight excluding hydrogens is 280 g/mol. The van der Waals surface area contributed by atoms with Crippen LogP contribution >= 0.6 is 0 Å². The van der Waals surface area contributed by atoms with E-state index in [4.69, 9.17) is 4.74 Å². The summed E-state index contributed by atoms with van der Waals surface area (Å²) in [4.78, 5) is 22.5. The average Bonchev–Trinajstić information content (AvgIpc) is 2.29. The Kier molecular flexibility index (Phi) is 8.27. The summed E-state index contributed by atoms with van der Waals surface area (Å²) in [5, 5.41) is 0. The Balaban J connectivity index is 4.56. The molecule has 0 aliphatic rings. The van der Waals surface area contributed by atoms with Gasteiger partial charge in [-0.3, -0.25) is 4.99 Å². The van der Waals surface area contributed by atoms with Crippen LogP contribution in [-0.4, -0.2) is 79.7 Å². The minimum Gasteiger partial charge on any atom is -0.444 e. The largest absolute Gasteiger partial charge is 0.444 e. The number of guanidine groups is 1. The molecule has 0 aromatic rings. The second kappa shape index (κ2) is 8.86. The average molecular weight is 314 g/mol. The second-order valence-corrected chi connectivity index (χ2v) is 7.09. The standard InChI is InChI=1S/C16H34N4O2/c1-13(2)20(15(21)22-16(3,4)5)12-10-11-17-14(18(6)7)19(8)9/h13H,10-12H2,1-9H3. The molecule has 22 heavy (non-hydrogen) atoms. The Morgan fingerprint density at radius 3 is 1.95 bits per heavy atom. The van der Waals surface area contributed by atoms with E-state index >= 15 is 0 Å². The lowest BCUT2D eigenvalue weighted by Gasteiger charge is -2.30. The zero-order chi connectivity index (χ0) is 17.5. The van der Waals surface area contributed by atoms with Crippen LogP contribution in [0.3, 0.4) is 0 Å². The highest BCUT2D eigenvalue weighted by Crippen LogP contribution is 2.12. The van der Waals surface area contributed by atoms with Crippen LogP contribution in [0.25, 0.3) is 0 Å². The van der Waals surface area contributed by atoms with Crippen LogP contribution in [0.15, 0.2) is 4.99 Å². The molecule has 0 heterocycles. The number of ether oxygens (including phenoxy) is 1. The molecule has 1 amide bonds. The molecule has 0 atom stereocenters. The van der Waals surface area contributed by atoms with Gasteiger partial charge in [-0.15, -0.1) is 0 Å². The van der Waals surface area contributed by atoms with E-state index in [9.17, 15) is 4.79 Å². The topological polar surface area (TPSA) is 48.4 Å². The summed E-state index contributed by atoms with van der Waals surface area (Å²) in [5.74, 6) is 0.924. The molecule has 0 aliphatic heterocycles. The maximum Gasteiger partial charge on any atom is 0.410 e. The molecule has 0 aliphatic carbocycles. The monoisotopic (exact) mass is 314 g/mol. The third-order valence-electron chi connectivity index (χ3n) is 2.86. The fraction of sp³-hybridized carbons (Fsp3) is 0.875. The van der Waals surface area contributed by atoms with Crippen molar-refractivity contribution in [2.75, 3.05) is 41.3 Å². The van der Waals surface area contributed by atoms with Crippen molar-refractivity contribution in [2.24, 2.45) is 4.99 Å². The molecule has 0 aromatic carbocycles. The van der Waals surface area contributed by atoms with Crippen LogP contribution in [0.4, 0.5) is 4.79 Å². The predicted molar refractivity (Wildman–Crippen MR) is 92.4 cm³/mol. The Bertz CT molecular complexity index is 361. The lowest BCUT2D eigenvalue weighted by atomic mass is 10.2. The van der Waals surface area contributed by atoms with Gasteiger partial charge in [-0.05, 0) is 41.0 Å². The summed E-state index contributed by atoms with van der Waals surface area (Å²) < 4.78 is 5.45. The van der Waals surface area contributed by atoms with Crippen molar-refractivity contribution in [2.45, 2.75) is 52.7 Å². The van der Waals surface area contributed by atoms with Crippen molar-refractivity contribution in [1.82, 2.24) is 14.7 Å². The van der Waals surface area contributed by atoms with E-state index in [0.717, 1.165) is 12.4 Å². The first-order chi connectivity index (χ1) is 9.95. The van der Waals surface area contributed by atoms with Crippen molar-refractivity contribution in [3.63, 3.8) is 0 Å². The summed E-state index contributed by atoms with van der Waals surface area (Å²) in [6, 6.07) is 0.112. The molecule has 0 N–H and O–H groups in total. The van der Waals surface area contributed by atoms with E-state index in [-0.39, 0.29) is 12.1 Å². The third-order valence-corrected chi connectivity index (χ3v) is 2.86. The Hall–Kier alpha value is -1.46. The first-order valence-corrected chi connectivity index (χ1v) is 7.84. The second-order valence-electron chi connectivity index (χ2n) is 7.09. The number of aliphatic imine (C=N–C) groups is 1. The number of hydrogen-bond donors (Lipinski definition) is 0. The van der Waals surface area contributed by atoms with Crippen molar-refractivity contribution in [1.29, 1.82) is 0 Å². The maximum absolute atomic E-state index is 12.2. The van der Waals surface area contributed by atoms with Gasteiger partial charge >= 0.3 is 6.09 Å². The van der Waals surface area contributed by atoms with Crippen molar-refractivity contribution in [3.8, 4) is 0 Å². The molecule has 0 spiro atoms. The van der Waals surface area contributed by atoms with E-state index in [1.807, 2.05) is 72.6 Å². The molecule has 6 nitrogen and oxygen atoms in total. The molecule has 6 heteroatoms. The molecule has 0 radical (unpaired) electrons. The molecule has 0 saturated heterocycles. The van der Waals surface area contributed by atoms with Crippen LogP contribution in [0, 0.1) is 0 Å². The smallest absolute Gasteiger partial charge is 0.410 e. The van der Waals surface area contributed by atoms with Gasteiger partial charge in [0.15, 0.2) is 5.96 Å². The molecule has 0 saturated carbocycles. The van der Waals surface area contributed by atoms with Gasteiger partial charge in [-0.1, -0.05) is 0 Å². The zero-order valence-electron chi connectivity index (χ0n) is 15.8. The van der Waals surface area contributed by atoms with Crippen molar-refractivity contribution in [3.05, 3.63) is 0 Å². The van der Waals surface area contributed by atoms with Gasteiger partial charge in [0.2, 0.25) is 0 Å². The zero-order valence-corrected chi connectivity index (χ0v) is 15.8. The minimum atomic E-state index is -0.467. The first-order valence-electron chi connectivity index (χ1n) is 7.84. The van der Waals surface area contributed by atoms with Gasteiger partial charge in [-0.2, -0.15) is 0 Å². The lowest BCUT2D eigenvalue weighted by molar-refractivity contribution is 0.0190. The summed E-state index contributed by atoms with van der Waals surface area (Å²) in [6.45, 7) is 11.0. The van der Waals surface area contributed by atoms with E-state index in [0.29, 0.717) is 13.1 Å². The molecule has 0 unspecified atom stereocenters. The maximum atomic E-state index is 12.2. The lowest BCUT2D eigenvalue weighted by Crippen LogP contribution is -2.41. The predicted octanol–water partition coefficient (Wildman–Crippen LogP) is 2.50. The van der Waals surface area contributed by atoms with Crippen LogP contribution in [0.2, 0.25) is 0 Å². The van der Waals surface area contributed by atoms with Crippen LogP contribution in [0.5, 0.6) is 0 Å². The van der Waals surface area contributed by atoms with Gasteiger partial charge in [0.1, 0.15) is 5.60 Å². The van der Waals surface area contributed by atoms with Gasteiger partial charge in [0.25, 0.3) is 0 Å². The van der Waals surface area contributed by atoms with Gasteiger partial charge < -0.3 is 19.4 Å². The highest BCUT2D eigenvalue weighted by molar-refractivity contribution is 5.79. The normalized spacial score (nSPS) is 11.2. The van der Waals surface area contributed by atoms with Gasteiger partial charge in [0.05, 0.1) is 0 Å². The van der Waals surface area contributed by atoms with Crippen molar-refractivity contribution >= 4 is 12.1 Å². The van der Waals surface area contributed by atoms with E-state index in [1.54, 1.807) is 4.90 Å². The van der Waals surface area contributed by atoms with E-state index in [2.05, 4.69) is 4.99 Å². The van der Waals surface area contributed by atoms with Crippen LogP contribution in [0.1, 0.15) is 41.0 Å². The van der Waals surface area contributed by atoms with Crippen LogP contribution < -0.4 is 0 Å². The summed E-state index contributed by atoms with van der Waals surface area (Å²) in [6.07, 6.45) is 0.551. The minimum absolute atomic E-state index is 0.112.